The van der Waals surface area contributed by atoms with Gasteiger partial charge in [-0.15, -0.1) is 0 Å². The van der Waals surface area contributed by atoms with Gasteiger partial charge in [-0.05, 0) is 29.8 Å². The van der Waals surface area contributed by atoms with Crippen molar-refractivity contribution >= 4 is 29.1 Å². The van der Waals surface area contributed by atoms with Gasteiger partial charge in [-0.2, -0.15) is 0 Å². The van der Waals surface area contributed by atoms with E-state index in [9.17, 15) is 9.59 Å². The predicted molar refractivity (Wildman–Crippen MR) is 101 cm³/mol. The van der Waals surface area contributed by atoms with Crippen LogP contribution in [0.1, 0.15) is 24.9 Å². The van der Waals surface area contributed by atoms with Crippen LogP contribution in [0, 0.1) is 0 Å². The molecule has 2 amide bonds. The summed E-state index contributed by atoms with van der Waals surface area (Å²) in [4.78, 5) is 24.0. The maximum Gasteiger partial charge on any atom is 0.226 e. The number of ether oxygens (including phenoxy) is 2. The molecule has 1 unspecified atom stereocenters. The summed E-state index contributed by atoms with van der Waals surface area (Å²) in [6.07, 6.45) is 0.0659. The van der Waals surface area contributed by atoms with Crippen molar-refractivity contribution in [2.24, 2.45) is 0 Å². The van der Waals surface area contributed by atoms with Gasteiger partial charge in [-0.1, -0.05) is 23.7 Å². The molecular formula is C19H21ClN2O4. The summed E-state index contributed by atoms with van der Waals surface area (Å²) in [6.45, 7) is 1.41. The zero-order valence-corrected chi connectivity index (χ0v) is 15.6. The Morgan fingerprint density at radius 3 is 2.35 bits per heavy atom. The molecule has 0 radical (unpaired) electrons. The lowest BCUT2D eigenvalue weighted by atomic mass is 10.0. The Kier molecular flexibility index (Phi) is 6.86. The van der Waals surface area contributed by atoms with Gasteiger partial charge in [0.2, 0.25) is 11.8 Å². The average molecular weight is 377 g/mol. The lowest BCUT2D eigenvalue weighted by Crippen LogP contribution is -2.29. The van der Waals surface area contributed by atoms with Crippen molar-refractivity contribution in [3.8, 4) is 11.5 Å². The number of nitrogens with one attached hydrogen (secondary N) is 2. The first-order valence-electron chi connectivity index (χ1n) is 7.97. The first kappa shape index (κ1) is 19.6. The maximum atomic E-state index is 12.5. The quantitative estimate of drug-likeness (QED) is 0.774. The van der Waals surface area contributed by atoms with Crippen LogP contribution in [-0.4, -0.2) is 26.0 Å². The second kappa shape index (κ2) is 9.10. The van der Waals surface area contributed by atoms with Crippen LogP contribution in [-0.2, 0) is 9.59 Å². The predicted octanol–water partition coefficient (Wildman–Crippen LogP) is 3.56. The number of hydrogen-bond donors (Lipinski definition) is 2. The molecule has 2 aromatic rings. The highest BCUT2D eigenvalue weighted by Gasteiger charge is 2.18. The summed E-state index contributed by atoms with van der Waals surface area (Å²) < 4.78 is 10.4. The number of halogens is 1. The summed E-state index contributed by atoms with van der Waals surface area (Å²) >= 11 is 5.90. The number of amides is 2. The Hall–Kier alpha value is -2.73. The van der Waals surface area contributed by atoms with Crippen molar-refractivity contribution < 1.29 is 19.1 Å². The molecule has 0 spiro atoms. The first-order valence-corrected chi connectivity index (χ1v) is 8.35. The third-order valence-electron chi connectivity index (χ3n) is 3.72. The van der Waals surface area contributed by atoms with Crippen LogP contribution in [0.4, 0.5) is 5.69 Å². The Morgan fingerprint density at radius 2 is 1.77 bits per heavy atom. The van der Waals surface area contributed by atoms with Crippen molar-refractivity contribution in [1.29, 1.82) is 0 Å². The zero-order valence-electron chi connectivity index (χ0n) is 14.8. The molecule has 2 rings (SSSR count). The highest BCUT2D eigenvalue weighted by molar-refractivity contribution is 6.30. The number of methoxy groups -OCH3 is 2. The smallest absolute Gasteiger partial charge is 0.226 e. The summed E-state index contributed by atoms with van der Waals surface area (Å²) in [7, 11) is 3.06. The molecule has 0 saturated heterocycles. The van der Waals surface area contributed by atoms with Gasteiger partial charge >= 0.3 is 0 Å². The van der Waals surface area contributed by atoms with E-state index in [2.05, 4.69) is 10.6 Å². The highest BCUT2D eigenvalue weighted by Crippen LogP contribution is 2.29. The summed E-state index contributed by atoms with van der Waals surface area (Å²) in [6, 6.07) is 11.6. The van der Waals surface area contributed by atoms with Crippen LogP contribution >= 0.6 is 11.6 Å². The topological polar surface area (TPSA) is 76.7 Å². The van der Waals surface area contributed by atoms with E-state index in [0.29, 0.717) is 22.2 Å². The molecule has 0 saturated carbocycles. The van der Waals surface area contributed by atoms with Crippen LogP contribution in [0.25, 0.3) is 0 Å². The van der Waals surface area contributed by atoms with Gasteiger partial charge in [0, 0.05) is 18.0 Å². The molecule has 0 aliphatic heterocycles. The van der Waals surface area contributed by atoms with E-state index in [1.54, 1.807) is 49.6 Å². The van der Waals surface area contributed by atoms with Gasteiger partial charge in [0.1, 0.15) is 11.5 Å². The number of hydrogen-bond acceptors (Lipinski definition) is 4. The zero-order chi connectivity index (χ0) is 19.1. The SMILES string of the molecule is COc1ccc(NC(=O)CC(NC(C)=O)c2ccc(Cl)cc2)c(OC)c1. The monoisotopic (exact) mass is 376 g/mol. The molecule has 0 bridgehead atoms. The van der Waals surface area contributed by atoms with Gasteiger partial charge in [0.25, 0.3) is 0 Å². The fraction of sp³-hybridized carbons (Fsp3) is 0.263. The first-order chi connectivity index (χ1) is 12.4. The number of benzene rings is 2. The van der Waals surface area contributed by atoms with Gasteiger partial charge < -0.3 is 20.1 Å². The summed E-state index contributed by atoms with van der Waals surface area (Å²) in [5.41, 5.74) is 1.32. The second-order valence-corrected chi connectivity index (χ2v) is 6.06. The second-order valence-electron chi connectivity index (χ2n) is 5.62. The minimum absolute atomic E-state index is 0.0659. The Labute approximate surface area is 157 Å². The van der Waals surface area contributed by atoms with Crippen LogP contribution in [0.2, 0.25) is 5.02 Å². The van der Waals surface area contributed by atoms with Crippen molar-refractivity contribution in [2.75, 3.05) is 19.5 Å². The summed E-state index contributed by atoms with van der Waals surface area (Å²) in [5, 5.41) is 6.17. The number of rotatable bonds is 7. The third-order valence-corrected chi connectivity index (χ3v) is 3.97. The molecule has 0 fully saturated rings. The Balaban J connectivity index is 2.14. The molecule has 0 aliphatic carbocycles. The largest absolute Gasteiger partial charge is 0.497 e. The van der Waals surface area contributed by atoms with E-state index in [1.807, 2.05) is 0 Å². The highest BCUT2D eigenvalue weighted by atomic mass is 35.5. The van der Waals surface area contributed by atoms with Gasteiger partial charge in [0.15, 0.2) is 0 Å². The van der Waals surface area contributed by atoms with E-state index >= 15 is 0 Å². The average Bonchev–Trinajstić information content (AvgIpc) is 2.61. The van der Waals surface area contributed by atoms with E-state index in [1.165, 1.54) is 14.0 Å². The molecule has 138 valence electrons. The minimum atomic E-state index is -0.464. The van der Waals surface area contributed by atoms with Crippen LogP contribution in [0.3, 0.4) is 0 Å². The molecule has 0 heterocycles. The van der Waals surface area contributed by atoms with Crippen molar-refractivity contribution in [2.45, 2.75) is 19.4 Å². The molecule has 2 N–H and O–H groups in total. The van der Waals surface area contributed by atoms with Crippen molar-refractivity contribution in [3.05, 3.63) is 53.1 Å². The molecule has 6 nitrogen and oxygen atoms in total. The number of carbonyl (C=O) groups is 2. The Morgan fingerprint density at radius 1 is 1.08 bits per heavy atom. The standard InChI is InChI=1S/C19H21ClN2O4/c1-12(23)21-17(13-4-6-14(20)7-5-13)11-19(24)22-16-9-8-15(25-2)10-18(16)26-3/h4-10,17H,11H2,1-3H3,(H,21,23)(H,22,24). The fourth-order valence-corrected chi connectivity index (χ4v) is 2.61. The van der Waals surface area contributed by atoms with E-state index in [4.69, 9.17) is 21.1 Å². The lowest BCUT2D eigenvalue weighted by molar-refractivity contribution is -0.120. The van der Waals surface area contributed by atoms with Crippen molar-refractivity contribution in [1.82, 2.24) is 5.32 Å². The van der Waals surface area contributed by atoms with Gasteiger partial charge in [0.05, 0.1) is 32.4 Å². The molecule has 1 atom stereocenters. The van der Waals surface area contributed by atoms with Crippen molar-refractivity contribution in [3.63, 3.8) is 0 Å². The fourth-order valence-electron chi connectivity index (χ4n) is 2.48. The molecule has 26 heavy (non-hydrogen) atoms. The number of carbonyl (C=O) groups excluding carboxylic acids is 2. The normalized spacial score (nSPS) is 11.4. The van der Waals surface area contributed by atoms with E-state index in [0.717, 1.165) is 5.56 Å². The van der Waals surface area contributed by atoms with Crippen LogP contribution in [0.15, 0.2) is 42.5 Å². The molecule has 0 aromatic heterocycles. The van der Waals surface area contributed by atoms with Crippen LogP contribution in [0.5, 0.6) is 11.5 Å². The lowest BCUT2D eigenvalue weighted by Gasteiger charge is -2.19. The molecule has 0 aliphatic rings. The van der Waals surface area contributed by atoms with E-state index < -0.39 is 6.04 Å². The minimum Gasteiger partial charge on any atom is -0.497 e. The number of anilines is 1. The maximum absolute atomic E-state index is 12.5. The van der Waals surface area contributed by atoms with E-state index in [-0.39, 0.29) is 18.2 Å². The third kappa shape index (κ3) is 5.39. The Bertz CT molecular complexity index is 778. The van der Waals surface area contributed by atoms with Crippen LogP contribution < -0.4 is 20.1 Å². The van der Waals surface area contributed by atoms with Gasteiger partial charge in [-0.25, -0.2) is 0 Å². The molecule has 7 heteroatoms. The molecular weight excluding hydrogens is 356 g/mol. The molecule has 2 aromatic carbocycles. The van der Waals surface area contributed by atoms with Gasteiger partial charge in [-0.3, -0.25) is 9.59 Å². The summed E-state index contributed by atoms with van der Waals surface area (Å²) in [5.74, 6) is 0.624.